The van der Waals surface area contributed by atoms with E-state index < -0.39 is 0 Å². The first-order chi connectivity index (χ1) is 9.85. The molecule has 0 saturated heterocycles. The molecular weight excluding hydrogens is 287 g/mol. The lowest BCUT2D eigenvalue weighted by Crippen LogP contribution is -2.44. The Labute approximate surface area is 127 Å². The van der Waals surface area contributed by atoms with E-state index in [4.69, 9.17) is 5.73 Å². The summed E-state index contributed by atoms with van der Waals surface area (Å²) in [4.78, 5) is 8.64. The van der Waals surface area contributed by atoms with Crippen molar-refractivity contribution in [1.82, 2.24) is 10.3 Å². The molecule has 1 aromatic carbocycles. The Morgan fingerprint density at radius 3 is 2.76 bits per heavy atom. The van der Waals surface area contributed by atoms with Gasteiger partial charge in [-0.25, -0.2) is 14.4 Å². The normalized spacial score (nSPS) is 12.5. The topological polar surface area (TPSA) is 63.3 Å². The number of hydrogen-bond acceptors (Lipinski definition) is 3. The number of hydrogen-bond donors (Lipinski definition) is 2. The van der Waals surface area contributed by atoms with Crippen molar-refractivity contribution < 1.29 is 4.39 Å². The maximum absolute atomic E-state index is 13.7. The molecule has 0 unspecified atom stereocenters. The summed E-state index contributed by atoms with van der Waals surface area (Å²) in [6, 6.07) is 6.60. The summed E-state index contributed by atoms with van der Waals surface area (Å²) < 4.78 is 13.7. The first-order valence-electron chi connectivity index (χ1n) is 6.62. The molecule has 1 heterocycles. The van der Waals surface area contributed by atoms with Crippen molar-refractivity contribution in [3.05, 3.63) is 40.5 Å². The molecule has 0 aliphatic rings. The molecule has 3 N–H and O–H groups in total. The first kappa shape index (κ1) is 15.4. The van der Waals surface area contributed by atoms with Gasteiger partial charge in [-0.3, -0.25) is 0 Å². The summed E-state index contributed by atoms with van der Waals surface area (Å²) in [5.74, 6) is 0.108. The first-order valence-corrected chi connectivity index (χ1v) is 7.50. The summed E-state index contributed by atoms with van der Waals surface area (Å²) in [6.45, 7) is 6.41. The van der Waals surface area contributed by atoms with E-state index >= 15 is 0 Å². The second-order valence-corrected chi connectivity index (χ2v) is 6.63. The number of benzene rings is 1. The minimum absolute atomic E-state index is 0.130. The van der Waals surface area contributed by atoms with Crippen LogP contribution in [0.5, 0.6) is 0 Å². The van der Waals surface area contributed by atoms with E-state index in [1.165, 1.54) is 17.4 Å². The van der Waals surface area contributed by atoms with Crippen LogP contribution >= 0.6 is 11.3 Å². The lowest BCUT2D eigenvalue weighted by molar-refractivity contribution is 0.508. The number of nitrogens with one attached hydrogen (secondary N) is 1. The maximum Gasteiger partial charge on any atom is 0.189 e. The Bertz CT molecular complexity index is 643. The SMILES string of the molecule is CC(C)(C)NC(N)=NCc1nc(-c2ccccc2F)cs1. The van der Waals surface area contributed by atoms with Crippen LogP contribution in [0.4, 0.5) is 4.39 Å². The van der Waals surface area contributed by atoms with E-state index in [-0.39, 0.29) is 11.4 Å². The van der Waals surface area contributed by atoms with E-state index in [1.54, 1.807) is 18.2 Å². The molecule has 0 atom stereocenters. The van der Waals surface area contributed by atoms with Crippen LogP contribution in [-0.4, -0.2) is 16.5 Å². The lowest BCUT2D eigenvalue weighted by atomic mass is 10.1. The quantitative estimate of drug-likeness (QED) is 0.676. The monoisotopic (exact) mass is 306 g/mol. The van der Waals surface area contributed by atoms with Gasteiger partial charge < -0.3 is 11.1 Å². The average molecular weight is 306 g/mol. The van der Waals surface area contributed by atoms with Crippen molar-refractivity contribution in [3.8, 4) is 11.3 Å². The average Bonchev–Trinajstić information content (AvgIpc) is 2.83. The van der Waals surface area contributed by atoms with Gasteiger partial charge in [0.25, 0.3) is 0 Å². The minimum Gasteiger partial charge on any atom is -0.370 e. The zero-order valence-corrected chi connectivity index (χ0v) is 13.2. The van der Waals surface area contributed by atoms with Crippen LogP contribution in [0.15, 0.2) is 34.6 Å². The Balaban J connectivity index is 2.08. The van der Waals surface area contributed by atoms with E-state index in [9.17, 15) is 4.39 Å². The van der Waals surface area contributed by atoms with E-state index in [2.05, 4.69) is 15.3 Å². The van der Waals surface area contributed by atoms with E-state index in [0.717, 1.165) is 5.01 Å². The van der Waals surface area contributed by atoms with Crippen molar-refractivity contribution >= 4 is 17.3 Å². The number of rotatable bonds is 3. The van der Waals surface area contributed by atoms with Gasteiger partial charge in [-0.05, 0) is 32.9 Å². The smallest absolute Gasteiger partial charge is 0.189 e. The fraction of sp³-hybridized carbons (Fsp3) is 0.333. The molecule has 0 spiro atoms. The number of aliphatic imine (C=N–C) groups is 1. The van der Waals surface area contributed by atoms with Crippen LogP contribution in [0.25, 0.3) is 11.3 Å². The molecule has 2 aromatic rings. The molecule has 0 bridgehead atoms. The second kappa shape index (κ2) is 6.22. The van der Waals surface area contributed by atoms with Crippen molar-refractivity contribution in [2.24, 2.45) is 10.7 Å². The van der Waals surface area contributed by atoms with Crippen LogP contribution in [0.1, 0.15) is 25.8 Å². The van der Waals surface area contributed by atoms with E-state index in [1.807, 2.05) is 26.2 Å². The highest BCUT2D eigenvalue weighted by atomic mass is 32.1. The predicted octanol–water partition coefficient (Wildman–Crippen LogP) is 3.15. The van der Waals surface area contributed by atoms with Gasteiger partial charge in [0, 0.05) is 16.5 Å². The predicted molar refractivity (Wildman–Crippen MR) is 85.7 cm³/mol. The van der Waals surface area contributed by atoms with Crippen LogP contribution in [-0.2, 0) is 6.54 Å². The molecular formula is C15H19FN4S. The van der Waals surface area contributed by atoms with Crippen molar-refractivity contribution in [2.75, 3.05) is 0 Å². The van der Waals surface area contributed by atoms with Gasteiger partial charge in [0.05, 0.1) is 12.2 Å². The largest absolute Gasteiger partial charge is 0.370 e. The summed E-state index contributed by atoms with van der Waals surface area (Å²) in [7, 11) is 0. The summed E-state index contributed by atoms with van der Waals surface area (Å²) in [5.41, 5.74) is 6.81. The van der Waals surface area contributed by atoms with Crippen LogP contribution in [0.2, 0.25) is 0 Å². The number of nitrogens with two attached hydrogens (primary N) is 1. The minimum atomic E-state index is -0.272. The number of halogens is 1. The fourth-order valence-corrected chi connectivity index (χ4v) is 2.47. The van der Waals surface area contributed by atoms with Crippen LogP contribution in [0.3, 0.4) is 0 Å². The van der Waals surface area contributed by atoms with Gasteiger partial charge in [-0.15, -0.1) is 11.3 Å². The second-order valence-electron chi connectivity index (χ2n) is 5.68. The fourth-order valence-electron chi connectivity index (χ4n) is 1.75. The molecule has 4 nitrogen and oxygen atoms in total. The molecule has 21 heavy (non-hydrogen) atoms. The van der Waals surface area contributed by atoms with Crippen molar-refractivity contribution in [3.63, 3.8) is 0 Å². The van der Waals surface area contributed by atoms with Crippen LogP contribution in [0, 0.1) is 5.82 Å². The Kier molecular flexibility index (Phi) is 4.57. The van der Waals surface area contributed by atoms with Gasteiger partial charge in [0.15, 0.2) is 5.96 Å². The third kappa shape index (κ3) is 4.53. The Hall–Kier alpha value is -1.95. The summed E-state index contributed by atoms with van der Waals surface area (Å²) in [5, 5.41) is 5.71. The van der Waals surface area contributed by atoms with Gasteiger partial charge in [0.2, 0.25) is 0 Å². The number of guanidine groups is 1. The number of aromatic nitrogens is 1. The van der Waals surface area contributed by atoms with Gasteiger partial charge in [-0.1, -0.05) is 12.1 Å². The van der Waals surface area contributed by atoms with E-state index in [0.29, 0.717) is 23.8 Å². The van der Waals surface area contributed by atoms with Gasteiger partial charge in [-0.2, -0.15) is 0 Å². The molecule has 0 radical (unpaired) electrons. The van der Waals surface area contributed by atoms with Gasteiger partial charge >= 0.3 is 0 Å². The van der Waals surface area contributed by atoms with Gasteiger partial charge in [0.1, 0.15) is 10.8 Å². The molecule has 2 rings (SSSR count). The highest BCUT2D eigenvalue weighted by Crippen LogP contribution is 2.24. The molecule has 0 amide bonds. The molecule has 0 fully saturated rings. The molecule has 0 saturated carbocycles. The third-order valence-corrected chi connectivity index (χ3v) is 3.42. The summed E-state index contributed by atoms with van der Waals surface area (Å²) >= 11 is 1.44. The maximum atomic E-state index is 13.7. The molecule has 0 aliphatic heterocycles. The molecule has 6 heteroatoms. The molecule has 1 aromatic heterocycles. The standard InChI is InChI=1S/C15H19FN4S/c1-15(2,3)20-14(17)18-8-13-19-12(9-21-13)10-6-4-5-7-11(10)16/h4-7,9H,8H2,1-3H3,(H3,17,18,20). The third-order valence-electron chi connectivity index (χ3n) is 2.59. The summed E-state index contributed by atoms with van der Waals surface area (Å²) in [6.07, 6.45) is 0. The Morgan fingerprint density at radius 1 is 1.38 bits per heavy atom. The van der Waals surface area contributed by atoms with Crippen LogP contribution < -0.4 is 11.1 Å². The number of thiazole rings is 1. The molecule has 112 valence electrons. The lowest BCUT2D eigenvalue weighted by Gasteiger charge is -2.20. The highest BCUT2D eigenvalue weighted by Gasteiger charge is 2.11. The zero-order chi connectivity index (χ0) is 15.5. The highest BCUT2D eigenvalue weighted by molar-refractivity contribution is 7.09. The Morgan fingerprint density at radius 2 is 2.10 bits per heavy atom. The molecule has 0 aliphatic carbocycles. The number of nitrogens with zero attached hydrogens (tertiary/aromatic N) is 2. The van der Waals surface area contributed by atoms with Crippen molar-refractivity contribution in [2.45, 2.75) is 32.9 Å². The zero-order valence-electron chi connectivity index (χ0n) is 12.4. The van der Waals surface area contributed by atoms with Crippen molar-refractivity contribution in [1.29, 1.82) is 0 Å².